The van der Waals surface area contributed by atoms with Gasteiger partial charge in [-0.05, 0) is 12.1 Å². The van der Waals surface area contributed by atoms with Crippen molar-refractivity contribution < 1.29 is 0 Å². The van der Waals surface area contributed by atoms with Crippen molar-refractivity contribution in [2.24, 2.45) is 0 Å². The van der Waals surface area contributed by atoms with Crippen molar-refractivity contribution >= 4 is 17.1 Å². The first-order chi connectivity index (χ1) is 8.11. The average Bonchev–Trinajstić information content (AvgIpc) is 2.28. The molecule has 2 aromatic carbocycles. The summed E-state index contributed by atoms with van der Waals surface area (Å²) in [4.78, 5) is 2.01. The van der Waals surface area contributed by atoms with Gasteiger partial charge in [-0.25, -0.2) is 0 Å². The summed E-state index contributed by atoms with van der Waals surface area (Å²) in [5.41, 5.74) is 16.6. The maximum absolute atomic E-state index is 6.03. The third-order valence-electron chi connectivity index (χ3n) is 2.77. The first-order valence-electron chi connectivity index (χ1n) is 5.52. The van der Waals surface area contributed by atoms with E-state index in [1.807, 2.05) is 61.5 Å². The number of hydrogen-bond acceptors (Lipinski definition) is 3. The van der Waals surface area contributed by atoms with Crippen LogP contribution in [-0.2, 0) is 0 Å². The van der Waals surface area contributed by atoms with Gasteiger partial charge in [-0.15, -0.1) is 0 Å². The van der Waals surface area contributed by atoms with Crippen LogP contribution in [-0.4, -0.2) is 14.1 Å². The Kier molecular flexibility index (Phi) is 2.91. The van der Waals surface area contributed by atoms with Gasteiger partial charge in [-0.2, -0.15) is 0 Å². The molecule has 4 N–H and O–H groups in total. The largest absolute Gasteiger partial charge is 0.398 e. The van der Waals surface area contributed by atoms with E-state index in [1.54, 1.807) is 0 Å². The minimum absolute atomic E-state index is 0.760. The van der Waals surface area contributed by atoms with E-state index in [4.69, 9.17) is 11.5 Å². The zero-order chi connectivity index (χ0) is 12.4. The Bertz CT molecular complexity index is 533. The van der Waals surface area contributed by atoms with Crippen molar-refractivity contribution in [1.29, 1.82) is 0 Å². The van der Waals surface area contributed by atoms with E-state index in [9.17, 15) is 0 Å². The minimum Gasteiger partial charge on any atom is -0.398 e. The molecule has 3 heteroatoms. The molecule has 3 nitrogen and oxygen atoms in total. The lowest BCUT2D eigenvalue weighted by molar-refractivity contribution is 1.14. The topological polar surface area (TPSA) is 55.3 Å². The van der Waals surface area contributed by atoms with E-state index in [-0.39, 0.29) is 0 Å². The lowest BCUT2D eigenvalue weighted by Crippen LogP contribution is -2.12. The molecule has 0 atom stereocenters. The predicted octanol–water partition coefficient (Wildman–Crippen LogP) is 2.58. The lowest BCUT2D eigenvalue weighted by Gasteiger charge is -2.20. The van der Waals surface area contributed by atoms with E-state index in [1.165, 1.54) is 0 Å². The van der Waals surface area contributed by atoms with Crippen LogP contribution in [0.15, 0.2) is 42.5 Å². The first kappa shape index (κ1) is 11.3. The fourth-order valence-corrected chi connectivity index (χ4v) is 2.02. The van der Waals surface area contributed by atoms with Crippen molar-refractivity contribution in [3.63, 3.8) is 0 Å². The highest BCUT2D eigenvalue weighted by atomic mass is 15.1. The van der Waals surface area contributed by atoms with Crippen molar-refractivity contribution in [2.45, 2.75) is 0 Å². The molecule has 0 saturated carbocycles. The van der Waals surface area contributed by atoms with Crippen LogP contribution >= 0.6 is 0 Å². The molecule has 0 aromatic heterocycles. The third-order valence-corrected chi connectivity index (χ3v) is 2.77. The molecular weight excluding hydrogens is 210 g/mol. The smallest absolute Gasteiger partial charge is 0.0675 e. The van der Waals surface area contributed by atoms with Crippen LogP contribution in [0.2, 0.25) is 0 Å². The molecule has 0 aliphatic carbocycles. The minimum atomic E-state index is 0.760. The van der Waals surface area contributed by atoms with Crippen LogP contribution in [0.5, 0.6) is 0 Å². The average molecular weight is 227 g/mol. The lowest BCUT2D eigenvalue weighted by atomic mass is 10.0. The number of rotatable bonds is 2. The summed E-state index contributed by atoms with van der Waals surface area (Å²) in [6, 6.07) is 13.7. The van der Waals surface area contributed by atoms with Gasteiger partial charge >= 0.3 is 0 Å². The summed E-state index contributed by atoms with van der Waals surface area (Å²) in [5, 5.41) is 0. The Labute approximate surface area is 102 Å². The number of hydrogen-bond donors (Lipinski definition) is 2. The second kappa shape index (κ2) is 4.37. The van der Waals surface area contributed by atoms with Crippen LogP contribution in [0, 0.1) is 0 Å². The van der Waals surface area contributed by atoms with Crippen LogP contribution in [0.25, 0.3) is 11.1 Å². The highest BCUT2D eigenvalue weighted by molar-refractivity contribution is 5.90. The Morgan fingerprint density at radius 2 is 1.35 bits per heavy atom. The van der Waals surface area contributed by atoms with Gasteiger partial charge in [-0.1, -0.05) is 30.3 Å². The second-order valence-electron chi connectivity index (χ2n) is 4.23. The van der Waals surface area contributed by atoms with Crippen LogP contribution < -0.4 is 16.4 Å². The molecule has 0 heterocycles. The van der Waals surface area contributed by atoms with Crippen LogP contribution in [0.3, 0.4) is 0 Å². The molecule has 0 spiro atoms. The Morgan fingerprint density at radius 1 is 0.765 bits per heavy atom. The van der Waals surface area contributed by atoms with E-state index in [2.05, 4.69) is 0 Å². The maximum atomic E-state index is 6.03. The monoisotopic (exact) mass is 227 g/mol. The molecule has 2 rings (SSSR count). The molecule has 88 valence electrons. The summed E-state index contributed by atoms with van der Waals surface area (Å²) < 4.78 is 0. The number of nitrogen functional groups attached to an aromatic ring is 2. The van der Waals surface area contributed by atoms with E-state index in [0.717, 1.165) is 28.2 Å². The van der Waals surface area contributed by atoms with Crippen molar-refractivity contribution in [2.75, 3.05) is 30.5 Å². The van der Waals surface area contributed by atoms with Crippen LogP contribution in [0.1, 0.15) is 0 Å². The molecule has 0 aliphatic heterocycles. The molecular formula is C14H17N3. The first-order valence-corrected chi connectivity index (χ1v) is 5.52. The van der Waals surface area contributed by atoms with Gasteiger partial charge < -0.3 is 16.4 Å². The Morgan fingerprint density at radius 3 is 2.00 bits per heavy atom. The van der Waals surface area contributed by atoms with Crippen LogP contribution in [0.4, 0.5) is 17.1 Å². The fourth-order valence-electron chi connectivity index (χ4n) is 2.02. The van der Waals surface area contributed by atoms with Gasteiger partial charge in [0.2, 0.25) is 0 Å². The van der Waals surface area contributed by atoms with Gasteiger partial charge in [-0.3, -0.25) is 0 Å². The van der Waals surface area contributed by atoms with E-state index in [0.29, 0.717) is 0 Å². The maximum Gasteiger partial charge on any atom is 0.0675 e. The Hall–Kier alpha value is -2.16. The SMILES string of the molecule is CN(C)c1c(N)cccc1-c1ccccc1N. The molecule has 0 unspecified atom stereocenters. The summed E-state index contributed by atoms with van der Waals surface area (Å²) in [5.74, 6) is 0. The molecule has 0 radical (unpaired) electrons. The quantitative estimate of drug-likeness (QED) is 0.775. The highest BCUT2D eigenvalue weighted by Gasteiger charge is 2.11. The van der Waals surface area contributed by atoms with Gasteiger partial charge in [0.25, 0.3) is 0 Å². The zero-order valence-electron chi connectivity index (χ0n) is 10.1. The molecule has 0 bridgehead atoms. The van der Waals surface area contributed by atoms with Crippen molar-refractivity contribution in [3.05, 3.63) is 42.5 Å². The number of nitrogens with zero attached hydrogens (tertiary/aromatic N) is 1. The second-order valence-corrected chi connectivity index (χ2v) is 4.23. The molecule has 0 fully saturated rings. The highest BCUT2D eigenvalue weighted by Crippen LogP contribution is 2.36. The molecule has 17 heavy (non-hydrogen) atoms. The molecule has 0 amide bonds. The van der Waals surface area contributed by atoms with Gasteiger partial charge in [0.1, 0.15) is 0 Å². The van der Waals surface area contributed by atoms with Gasteiger partial charge in [0.15, 0.2) is 0 Å². The standard InChI is InChI=1S/C14H17N3/c1-17(2)14-11(7-5-9-13(14)16)10-6-3-4-8-12(10)15/h3-9H,15-16H2,1-2H3. The summed E-state index contributed by atoms with van der Waals surface area (Å²) in [6.07, 6.45) is 0. The number of anilines is 3. The van der Waals surface area contributed by atoms with E-state index >= 15 is 0 Å². The molecule has 2 aromatic rings. The summed E-state index contributed by atoms with van der Waals surface area (Å²) in [6.45, 7) is 0. The normalized spacial score (nSPS) is 10.2. The predicted molar refractivity (Wildman–Crippen MR) is 75.0 cm³/mol. The fraction of sp³-hybridized carbons (Fsp3) is 0.143. The zero-order valence-corrected chi connectivity index (χ0v) is 10.1. The molecule has 0 saturated heterocycles. The molecule has 0 aliphatic rings. The summed E-state index contributed by atoms with van der Waals surface area (Å²) >= 11 is 0. The van der Waals surface area contributed by atoms with Gasteiger partial charge in [0.05, 0.1) is 11.4 Å². The summed E-state index contributed by atoms with van der Waals surface area (Å²) in [7, 11) is 3.96. The van der Waals surface area contributed by atoms with Crippen molar-refractivity contribution in [1.82, 2.24) is 0 Å². The Balaban J connectivity index is 2.68. The van der Waals surface area contributed by atoms with E-state index < -0.39 is 0 Å². The number of benzene rings is 2. The number of para-hydroxylation sites is 2. The van der Waals surface area contributed by atoms with Crippen molar-refractivity contribution in [3.8, 4) is 11.1 Å². The number of nitrogens with two attached hydrogens (primary N) is 2. The third kappa shape index (κ3) is 2.04. The van der Waals surface area contributed by atoms with Gasteiger partial charge in [0, 0.05) is 30.9 Å².